The molecule has 2 aromatic carbocycles. The Balaban J connectivity index is 2.23. The molecule has 2 atom stereocenters. The molecule has 0 heterocycles. The van der Waals surface area contributed by atoms with Crippen LogP contribution in [0.1, 0.15) is 45.5 Å². The zero-order chi connectivity index (χ0) is 18.6. The summed E-state index contributed by atoms with van der Waals surface area (Å²) >= 11 is 0. The summed E-state index contributed by atoms with van der Waals surface area (Å²) in [5.74, 6) is -2.02. The Hall–Kier alpha value is -2.31. The van der Waals surface area contributed by atoms with E-state index in [1.807, 2.05) is 0 Å². The average Bonchev–Trinajstić information content (AvgIpc) is 2.77. The second kappa shape index (κ2) is 5.61. The fourth-order valence-electron chi connectivity index (χ4n) is 3.34. The molecule has 7 heteroatoms. The Bertz CT molecular complexity index is 834. The molecule has 1 aliphatic carbocycles. The first-order valence-electron chi connectivity index (χ1n) is 7.43. The number of Topliss-reactive ketones (excluding diaryl/α,β-unsaturated/α-hetero) is 1. The van der Waals surface area contributed by atoms with Crippen LogP contribution in [0.5, 0.6) is 0 Å². The summed E-state index contributed by atoms with van der Waals surface area (Å²) in [7, 11) is 0. The Morgan fingerprint density at radius 2 is 1.48 bits per heavy atom. The van der Waals surface area contributed by atoms with Crippen LogP contribution in [0.3, 0.4) is 0 Å². The molecule has 0 fully saturated rings. The lowest BCUT2D eigenvalue weighted by Crippen LogP contribution is -2.18. The first-order chi connectivity index (χ1) is 11.5. The van der Waals surface area contributed by atoms with Gasteiger partial charge in [-0.2, -0.15) is 26.3 Å². The summed E-state index contributed by atoms with van der Waals surface area (Å²) in [6, 6.07) is 7.83. The van der Waals surface area contributed by atoms with Crippen molar-refractivity contribution in [2.45, 2.75) is 25.2 Å². The van der Waals surface area contributed by atoms with Crippen molar-refractivity contribution in [1.29, 1.82) is 0 Å². The number of carbonyl (C=O) groups is 1. The van der Waals surface area contributed by atoms with Crippen LogP contribution in [0, 0.1) is 5.92 Å². The lowest BCUT2D eigenvalue weighted by molar-refractivity contribution is -0.143. The van der Waals surface area contributed by atoms with E-state index in [1.165, 1.54) is 13.0 Å². The highest BCUT2D eigenvalue weighted by molar-refractivity contribution is 6.03. The van der Waals surface area contributed by atoms with Crippen LogP contribution in [0.25, 0.3) is 0 Å². The first-order valence-corrected chi connectivity index (χ1v) is 7.43. The molecule has 0 radical (unpaired) electrons. The fraction of sp³-hybridized carbons (Fsp3) is 0.278. The van der Waals surface area contributed by atoms with Gasteiger partial charge in [0.15, 0.2) is 5.78 Å². The van der Waals surface area contributed by atoms with Crippen LogP contribution in [-0.4, -0.2) is 5.78 Å². The quantitative estimate of drug-likeness (QED) is 0.599. The third kappa shape index (κ3) is 2.92. The number of carbonyl (C=O) groups excluding carboxylic acids is 1. The van der Waals surface area contributed by atoms with Crippen LogP contribution >= 0.6 is 0 Å². The van der Waals surface area contributed by atoms with E-state index in [4.69, 9.17) is 0 Å². The number of hydrogen-bond acceptors (Lipinski definition) is 1. The SMILES string of the molecule is CC1C(=O)c2ccccc2C1c1ccc(C(F)(F)F)cc1C(F)(F)F. The summed E-state index contributed by atoms with van der Waals surface area (Å²) in [6.45, 7) is 1.49. The van der Waals surface area contributed by atoms with Crippen molar-refractivity contribution in [3.05, 3.63) is 70.3 Å². The number of fused-ring (bicyclic) bond motifs is 1. The summed E-state index contributed by atoms with van der Waals surface area (Å²) in [5, 5.41) is 0. The molecule has 0 aromatic heterocycles. The van der Waals surface area contributed by atoms with Crippen LogP contribution in [0.2, 0.25) is 0 Å². The largest absolute Gasteiger partial charge is 0.416 e. The van der Waals surface area contributed by atoms with Crippen molar-refractivity contribution in [2.24, 2.45) is 5.92 Å². The first kappa shape index (κ1) is 17.5. The molecule has 0 bridgehead atoms. The van der Waals surface area contributed by atoms with Gasteiger partial charge in [0.05, 0.1) is 11.1 Å². The van der Waals surface area contributed by atoms with Gasteiger partial charge in [0.25, 0.3) is 0 Å². The zero-order valence-corrected chi connectivity index (χ0v) is 12.9. The smallest absolute Gasteiger partial charge is 0.294 e. The molecule has 0 aliphatic heterocycles. The number of rotatable bonds is 1. The minimum absolute atomic E-state index is 0.119. The molecule has 0 amide bonds. The molecule has 132 valence electrons. The minimum Gasteiger partial charge on any atom is -0.294 e. The molecule has 25 heavy (non-hydrogen) atoms. The number of benzene rings is 2. The van der Waals surface area contributed by atoms with Gasteiger partial charge in [-0.25, -0.2) is 0 Å². The fourth-order valence-corrected chi connectivity index (χ4v) is 3.34. The molecule has 1 aliphatic rings. The highest BCUT2D eigenvalue weighted by Gasteiger charge is 2.44. The number of hydrogen-bond donors (Lipinski definition) is 0. The van der Waals surface area contributed by atoms with Crippen LogP contribution in [0.15, 0.2) is 42.5 Å². The normalized spacial score (nSPS) is 20.7. The summed E-state index contributed by atoms with van der Waals surface area (Å²) < 4.78 is 78.7. The summed E-state index contributed by atoms with van der Waals surface area (Å²) in [6.07, 6.45) is -9.84. The standard InChI is InChI=1S/C18H12F6O/c1-9-15(11-4-2-3-5-12(11)16(9)25)13-7-6-10(17(19,20)21)8-14(13)18(22,23)24/h2-9,15H,1H3. The summed E-state index contributed by atoms with van der Waals surface area (Å²) in [4.78, 5) is 12.3. The maximum atomic E-state index is 13.4. The molecule has 0 spiro atoms. The van der Waals surface area contributed by atoms with E-state index in [0.29, 0.717) is 17.2 Å². The maximum absolute atomic E-state index is 13.4. The lowest BCUT2D eigenvalue weighted by atomic mass is 9.83. The monoisotopic (exact) mass is 358 g/mol. The Kier molecular flexibility index (Phi) is 3.93. The molecular weight excluding hydrogens is 346 g/mol. The van der Waals surface area contributed by atoms with Gasteiger partial charge >= 0.3 is 12.4 Å². The lowest BCUT2D eigenvalue weighted by Gasteiger charge is -2.22. The predicted octanol–water partition coefficient (Wildman–Crippen LogP) is 5.69. The van der Waals surface area contributed by atoms with Gasteiger partial charge in [-0.1, -0.05) is 37.3 Å². The van der Waals surface area contributed by atoms with Crippen molar-refractivity contribution in [2.75, 3.05) is 0 Å². The number of halogens is 6. The Labute approximate surface area is 139 Å². The number of alkyl halides is 6. The van der Waals surface area contributed by atoms with Crippen LogP contribution in [0.4, 0.5) is 26.3 Å². The van der Waals surface area contributed by atoms with Crippen LogP contribution < -0.4 is 0 Å². The van der Waals surface area contributed by atoms with Crippen LogP contribution in [-0.2, 0) is 12.4 Å². The van der Waals surface area contributed by atoms with Crippen molar-refractivity contribution in [3.63, 3.8) is 0 Å². The van der Waals surface area contributed by atoms with Crippen molar-refractivity contribution >= 4 is 5.78 Å². The maximum Gasteiger partial charge on any atom is 0.416 e. The molecule has 3 rings (SSSR count). The molecular formula is C18H12F6O. The summed E-state index contributed by atoms with van der Waals surface area (Å²) in [5.41, 5.74) is -2.32. The number of ketones is 1. The third-order valence-corrected chi connectivity index (χ3v) is 4.50. The molecule has 0 saturated heterocycles. The van der Waals surface area contributed by atoms with Crippen molar-refractivity contribution in [3.8, 4) is 0 Å². The predicted molar refractivity (Wildman–Crippen MR) is 78.2 cm³/mol. The van der Waals surface area contributed by atoms with Gasteiger partial charge < -0.3 is 0 Å². The molecule has 2 aromatic rings. The van der Waals surface area contributed by atoms with E-state index in [-0.39, 0.29) is 17.4 Å². The van der Waals surface area contributed by atoms with Gasteiger partial charge in [-0.3, -0.25) is 4.79 Å². The van der Waals surface area contributed by atoms with Gasteiger partial charge in [0.2, 0.25) is 0 Å². The van der Waals surface area contributed by atoms with E-state index in [0.717, 1.165) is 6.07 Å². The third-order valence-electron chi connectivity index (χ3n) is 4.50. The topological polar surface area (TPSA) is 17.1 Å². The van der Waals surface area contributed by atoms with Crippen molar-refractivity contribution in [1.82, 2.24) is 0 Å². The highest BCUT2D eigenvalue weighted by atomic mass is 19.4. The minimum atomic E-state index is -4.96. The zero-order valence-electron chi connectivity index (χ0n) is 12.9. The van der Waals surface area contributed by atoms with E-state index in [1.54, 1.807) is 18.2 Å². The molecule has 2 unspecified atom stereocenters. The van der Waals surface area contributed by atoms with Gasteiger partial charge in [0.1, 0.15) is 0 Å². The van der Waals surface area contributed by atoms with E-state index < -0.39 is 35.3 Å². The van der Waals surface area contributed by atoms with E-state index in [9.17, 15) is 31.1 Å². The van der Waals surface area contributed by atoms with Gasteiger partial charge in [-0.15, -0.1) is 0 Å². The highest BCUT2D eigenvalue weighted by Crippen LogP contribution is 2.47. The molecule has 0 saturated carbocycles. The van der Waals surface area contributed by atoms with Crippen molar-refractivity contribution < 1.29 is 31.1 Å². The second-order valence-electron chi connectivity index (χ2n) is 6.02. The Morgan fingerprint density at radius 1 is 0.840 bits per heavy atom. The molecule has 1 nitrogen and oxygen atoms in total. The van der Waals surface area contributed by atoms with E-state index >= 15 is 0 Å². The van der Waals surface area contributed by atoms with Gasteiger partial charge in [-0.05, 0) is 23.3 Å². The molecule has 0 N–H and O–H groups in total. The van der Waals surface area contributed by atoms with E-state index in [2.05, 4.69) is 0 Å². The average molecular weight is 358 g/mol. The van der Waals surface area contributed by atoms with Gasteiger partial charge in [0, 0.05) is 17.4 Å². The second-order valence-corrected chi connectivity index (χ2v) is 6.02. The Morgan fingerprint density at radius 3 is 2.08 bits per heavy atom.